The van der Waals surface area contributed by atoms with Crippen molar-refractivity contribution < 1.29 is 27.1 Å². The maximum atomic E-state index is 16.1. The number of piperidine rings is 2. The molecule has 2 saturated heterocycles. The molecule has 5 heterocycles. The van der Waals surface area contributed by atoms with Gasteiger partial charge in [-0.15, -0.1) is 11.3 Å². The van der Waals surface area contributed by atoms with Crippen molar-refractivity contribution in [1.29, 1.82) is 0 Å². The monoisotopic (exact) mass is 908 g/mol. The number of likely N-dealkylation sites (tertiary alicyclic amines) is 1. The van der Waals surface area contributed by atoms with Crippen LogP contribution < -0.4 is 20.1 Å². The molecule has 0 spiro atoms. The van der Waals surface area contributed by atoms with E-state index in [9.17, 15) is 18.0 Å². The molecule has 338 valence electrons. The Morgan fingerprint density at radius 3 is 2.34 bits per heavy atom. The average Bonchev–Trinajstić information content (AvgIpc) is 3.73. The van der Waals surface area contributed by atoms with Gasteiger partial charge < -0.3 is 15.0 Å². The van der Waals surface area contributed by atoms with Crippen molar-refractivity contribution in [3.63, 3.8) is 0 Å². The number of imide groups is 1. The highest BCUT2D eigenvalue weighted by atomic mass is 32.2. The first-order valence-electron chi connectivity index (χ1n) is 22.4. The minimum atomic E-state index is -3.71. The molecular formula is C48H57FN8O5S2. The molecule has 0 bridgehead atoms. The average molecular weight is 909 g/mol. The Labute approximate surface area is 379 Å². The largest absolute Gasteiger partial charge is 0.474 e. The second-order valence-corrected chi connectivity index (χ2v) is 21.2. The molecule has 1 unspecified atom stereocenters. The van der Waals surface area contributed by atoms with Gasteiger partial charge in [-0.2, -0.15) is 0 Å². The van der Waals surface area contributed by atoms with Crippen LogP contribution in [0.2, 0.25) is 0 Å². The molecule has 64 heavy (non-hydrogen) atoms. The number of hydrogen-bond donors (Lipinski definition) is 3. The second kappa shape index (κ2) is 19.4. The lowest BCUT2D eigenvalue weighted by Gasteiger charge is -2.36. The van der Waals surface area contributed by atoms with Crippen molar-refractivity contribution in [3.05, 3.63) is 95.0 Å². The zero-order valence-electron chi connectivity index (χ0n) is 36.9. The number of nitrogens with zero attached hydrogens (tertiary/aromatic N) is 5. The molecule has 16 heteroatoms. The standard InChI is InChI=1S/C48H57FN8O5S2/c1-5-27-64(60,61)56-38-8-6-7-37(42(38)49)43-44(63-46(55-43)48(2,3)4)39-21-24-50-47(53-39)52-34-14-11-31(12-15-34)32-22-25-57(26-23-32)29-30-9-16-35(17-10-30)62-41-20-13-33(28-51-41)36-18-19-40(58)54-45(36)59/h6-8,11-15,20-21,24,28,30,32,35-36,56H,5,9-10,16-19,22-23,25-27,29H2,1-4H3,(H,50,52,53)(H,54,58,59). The summed E-state index contributed by atoms with van der Waals surface area (Å²) in [6.45, 7) is 11.2. The van der Waals surface area contributed by atoms with Gasteiger partial charge in [0.1, 0.15) is 6.10 Å². The zero-order chi connectivity index (χ0) is 45.0. The van der Waals surface area contributed by atoms with Gasteiger partial charge in [0.2, 0.25) is 33.7 Å². The quantitative estimate of drug-likeness (QED) is 0.0909. The predicted molar refractivity (Wildman–Crippen MR) is 249 cm³/mol. The van der Waals surface area contributed by atoms with Crippen LogP contribution in [0.4, 0.5) is 21.7 Å². The lowest BCUT2D eigenvalue weighted by atomic mass is 9.85. The van der Waals surface area contributed by atoms with Crippen LogP contribution in [0.1, 0.15) is 113 Å². The number of carbonyl (C=O) groups excluding carboxylic acids is 2. The fourth-order valence-corrected chi connectivity index (χ4v) is 11.1. The smallest absolute Gasteiger partial charge is 0.234 e. The summed E-state index contributed by atoms with van der Waals surface area (Å²) in [7, 11) is -3.71. The maximum absolute atomic E-state index is 16.1. The third kappa shape index (κ3) is 10.9. The van der Waals surface area contributed by atoms with E-state index in [4.69, 9.17) is 14.7 Å². The number of pyridine rings is 1. The topological polar surface area (TPSA) is 168 Å². The molecule has 8 rings (SSSR count). The summed E-state index contributed by atoms with van der Waals surface area (Å²) in [5, 5.41) is 6.56. The maximum Gasteiger partial charge on any atom is 0.234 e. The molecule has 3 aliphatic rings. The fraction of sp³-hybridized carbons (Fsp3) is 0.458. The number of aromatic nitrogens is 4. The first-order chi connectivity index (χ1) is 30.7. The number of sulfonamides is 1. The Morgan fingerprint density at radius 2 is 1.66 bits per heavy atom. The van der Waals surface area contributed by atoms with Crippen LogP contribution in [0.25, 0.3) is 21.8 Å². The molecule has 2 aliphatic heterocycles. The Balaban J connectivity index is 0.835. The number of anilines is 3. The van der Waals surface area contributed by atoms with Gasteiger partial charge in [0.15, 0.2) is 5.82 Å². The third-order valence-electron chi connectivity index (χ3n) is 12.4. The minimum Gasteiger partial charge on any atom is -0.474 e. The van der Waals surface area contributed by atoms with E-state index in [1.54, 1.807) is 37.5 Å². The molecule has 2 aromatic carbocycles. The van der Waals surface area contributed by atoms with Crippen LogP contribution in [0, 0.1) is 11.7 Å². The molecule has 13 nitrogen and oxygen atoms in total. The van der Waals surface area contributed by atoms with E-state index >= 15 is 4.39 Å². The number of halogens is 1. The lowest BCUT2D eigenvalue weighted by Crippen LogP contribution is -2.39. The summed E-state index contributed by atoms with van der Waals surface area (Å²) < 4.78 is 49.8. The summed E-state index contributed by atoms with van der Waals surface area (Å²) >= 11 is 1.44. The Hall–Kier alpha value is -5.32. The third-order valence-corrected chi connectivity index (χ3v) is 15.4. The summed E-state index contributed by atoms with van der Waals surface area (Å²) in [6, 6.07) is 18.7. The number of ether oxygens (including phenoxy) is 1. The van der Waals surface area contributed by atoms with Crippen LogP contribution in [-0.2, 0) is 25.0 Å². The van der Waals surface area contributed by atoms with E-state index in [1.807, 2.05) is 32.9 Å². The molecule has 3 fully saturated rings. The number of hydrogen-bond acceptors (Lipinski definition) is 12. The Kier molecular flexibility index (Phi) is 13.7. The van der Waals surface area contributed by atoms with Crippen LogP contribution in [-0.4, -0.2) is 76.6 Å². The molecule has 3 N–H and O–H groups in total. The van der Waals surface area contributed by atoms with E-state index in [0.717, 1.165) is 74.4 Å². The van der Waals surface area contributed by atoms with Gasteiger partial charge in [0.25, 0.3) is 0 Å². The van der Waals surface area contributed by atoms with E-state index < -0.39 is 15.8 Å². The molecule has 0 radical (unpaired) electrons. The van der Waals surface area contributed by atoms with Crippen molar-refractivity contribution >= 4 is 50.5 Å². The van der Waals surface area contributed by atoms with Crippen molar-refractivity contribution in [3.8, 4) is 27.7 Å². The van der Waals surface area contributed by atoms with Gasteiger partial charge in [-0.3, -0.25) is 19.6 Å². The van der Waals surface area contributed by atoms with E-state index in [2.05, 4.69) is 54.5 Å². The van der Waals surface area contributed by atoms with E-state index in [0.29, 0.717) is 59.2 Å². The molecule has 1 saturated carbocycles. The highest BCUT2D eigenvalue weighted by Gasteiger charge is 2.31. The Bertz CT molecular complexity index is 2550. The van der Waals surface area contributed by atoms with Crippen molar-refractivity contribution in [1.82, 2.24) is 30.2 Å². The summed E-state index contributed by atoms with van der Waals surface area (Å²) in [5.41, 5.74) is 3.71. The summed E-state index contributed by atoms with van der Waals surface area (Å²) in [5.74, 6) is 0.507. The summed E-state index contributed by atoms with van der Waals surface area (Å²) in [4.78, 5) is 45.8. The van der Waals surface area contributed by atoms with Crippen LogP contribution in [0.3, 0.4) is 0 Å². The molecule has 5 aromatic rings. The predicted octanol–water partition coefficient (Wildman–Crippen LogP) is 9.33. The van der Waals surface area contributed by atoms with Crippen LogP contribution in [0.5, 0.6) is 5.88 Å². The highest BCUT2D eigenvalue weighted by molar-refractivity contribution is 7.92. The van der Waals surface area contributed by atoms with Gasteiger partial charge in [-0.1, -0.05) is 52.0 Å². The van der Waals surface area contributed by atoms with Gasteiger partial charge in [0.05, 0.1) is 38.6 Å². The molecule has 2 amide bonds. The number of rotatable bonds is 14. The molecule has 3 aromatic heterocycles. The molecular weight excluding hydrogens is 852 g/mol. The lowest BCUT2D eigenvalue weighted by molar-refractivity contribution is -0.134. The zero-order valence-corrected chi connectivity index (χ0v) is 38.5. The Morgan fingerprint density at radius 1 is 0.906 bits per heavy atom. The molecule has 1 atom stereocenters. The minimum absolute atomic E-state index is 0.109. The van der Waals surface area contributed by atoms with Gasteiger partial charge in [-0.05, 0) is 118 Å². The van der Waals surface area contributed by atoms with E-state index in [-0.39, 0.29) is 46.3 Å². The first-order valence-corrected chi connectivity index (χ1v) is 24.9. The number of carbonyl (C=O) groups is 2. The normalized spacial score (nSPS) is 20.2. The van der Waals surface area contributed by atoms with Crippen molar-refractivity contribution in [2.24, 2.45) is 5.92 Å². The van der Waals surface area contributed by atoms with Gasteiger partial charge >= 0.3 is 0 Å². The SMILES string of the molecule is CCCS(=O)(=O)Nc1cccc(-c2nc(C(C)(C)C)sc2-c2ccnc(Nc3ccc(C4CCN(CC5CCC(Oc6ccc(C7CCC(=O)NC7=O)cn6)CC5)CC4)cc3)n2)c1F. The van der Waals surface area contributed by atoms with E-state index in [1.165, 1.54) is 23.0 Å². The van der Waals surface area contributed by atoms with Gasteiger partial charge in [0, 0.05) is 48.1 Å². The number of benzene rings is 2. The number of amides is 2. The fourth-order valence-electron chi connectivity index (χ4n) is 8.89. The van der Waals surface area contributed by atoms with Crippen LogP contribution in [0.15, 0.2) is 73.1 Å². The van der Waals surface area contributed by atoms with Crippen molar-refractivity contribution in [2.75, 3.05) is 35.4 Å². The van der Waals surface area contributed by atoms with Gasteiger partial charge in [-0.25, -0.2) is 32.7 Å². The number of thiazole rings is 1. The summed E-state index contributed by atoms with van der Waals surface area (Å²) in [6.07, 6.45) is 11.2. The second-order valence-electron chi connectivity index (χ2n) is 18.3. The van der Waals surface area contributed by atoms with Crippen molar-refractivity contribution in [2.45, 2.75) is 109 Å². The highest BCUT2D eigenvalue weighted by Crippen LogP contribution is 2.42. The molecule has 1 aliphatic carbocycles. The van der Waals surface area contributed by atoms with Crippen LogP contribution >= 0.6 is 11.3 Å². The first kappa shape index (κ1) is 45.3. The number of nitrogens with one attached hydrogen (secondary N) is 3.